The third-order valence-electron chi connectivity index (χ3n) is 4.34. The van der Waals surface area contributed by atoms with Crippen LogP contribution in [0.25, 0.3) is 10.2 Å². The Labute approximate surface area is 156 Å². The van der Waals surface area contributed by atoms with Crippen LogP contribution >= 0.6 is 11.3 Å². The molecule has 1 aliphatic rings. The molecule has 140 valence electrons. The van der Waals surface area contributed by atoms with Crippen molar-refractivity contribution in [2.45, 2.75) is 6.18 Å². The quantitative estimate of drug-likeness (QED) is 0.670. The van der Waals surface area contributed by atoms with Gasteiger partial charge >= 0.3 is 6.18 Å². The van der Waals surface area contributed by atoms with Crippen LogP contribution < -0.4 is 4.90 Å². The van der Waals surface area contributed by atoms with Gasteiger partial charge in [-0.1, -0.05) is 0 Å². The van der Waals surface area contributed by atoms with Crippen LogP contribution in [0, 0.1) is 0 Å². The smallest absolute Gasteiger partial charge is 0.352 e. The fourth-order valence-electron chi connectivity index (χ4n) is 2.92. The maximum atomic E-state index is 12.8. The monoisotopic (exact) mass is 393 g/mol. The van der Waals surface area contributed by atoms with Crippen LogP contribution in [0.5, 0.6) is 0 Å². The molecule has 0 bridgehead atoms. The summed E-state index contributed by atoms with van der Waals surface area (Å²) in [6.45, 7) is 2.18. The Morgan fingerprint density at radius 3 is 2.56 bits per heavy atom. The molecule has 0 N–H and O–H groups in total. The molecule has 27 heavy (non-hydrogen) atoms. The number of thiazole rings is 1. The first-order chi connectivity index (χ1) is 12.9. The first-order valence-electron chi connectivity index (χ1n) is 8.20. The van der Waals surface area contributed by atoms with E-state index in [1.807, 2.05) is 4.90 Å². The number of amides is 1. The van der Waals surface area contributed by atoms with Gasteiger partial charge in [0, 0.05) is 38.6 Å². The number of aromatic nitrogens is 3. The molecule has 3 heterocycles. The maximum absolute atomic E-state index is 12.8. The van der Waals surface area contributed by atoms with E-state index in [9.17, 15) is 18.0 Å². The van der Waals surface area contributed by atoms with Crippen molar-refractivity contribution in [2.75, 3.05) is 31.1 Å². The van der Waals surface area contributed by atoms with E-state index in [0.717, 1.165) is 29.3 Å². The Hall–Kier alpha value is -2.75. The van der Waals surface area contributed by atoms with Gasteiger partial charge in [0.25, 0.3) is 5.91 Å². The number of nitrogens with zero attached hydrogens (tertiary/aromatic N) is 5. The summed E-state index contributed by atoms with van der Waals surface area (Å²) < 4.78 is 39.1. The summed E-state index contributed by atoms with van der Waals surface area (Å²) in [6.07, 6.45) is 0.450. The van der Waals surface area contributed by atoms with Crippen molar-refractivity contribution in [3.8, 4) is 0 Å². The lowest BCUT2D eigenvalue weighted by molar-refractivity contribution is -0.137. The highest BCUT2D eigenvalue weighted by atomic mass is 32.1. The number of alkyl halides is 3. The van der Waals surface area contributed by atoms with Gasteiger partial charge in [0.2, 0.25) is 0 Å². The van der Waals surface area contributed by atoms with E-state index in [0.29, 0.717) is 30.9 Å². The number of carbonyl (C=O) groups is 1. The summed E-state index contributed by atoms with van der Waals surface area (Å²) in [6, 6.07) is 3.35. The molecule has 1 saturated heterocycles. The van der Waals surface area contributed by atoms with Crippen molar-refractivity contribution in [1.29, 1.82) is 0 Å². The summed E-state index contributed by atoms with van der Waals surface area (Å²) in [7, 11) is 0. The minimum absolute atomic E-state index is 0.191. The van der Waals surface area contributed by atoms with Gasteiger partial charge in [-0.3, -0.25) is 9.78 Å². The van der Waals surface area contributed by atoms with Crippen molar-refractivity contribution in [1.82, 2.24) is 19.9 Å². The second-order valence-electron chi connectivity index (χ2n) is 6.04. The second kappa shape index (κ2) is 6.76. The number of anilines is 1. The van der Waals surface area contributed by atoms with E-state index < -0.39 is 11.7 Å². The van der Waals surface area contributed by atoms with Gasteiger partial charge in [-0.15, -0.1) is 11.3 Å². The van der Waals surface area contributed by atoms with Crippen LogP contribution in [-0.2, 0) is 6.18 Å². The molecular weight excluding hydrogens is 379 g/mol. The molecule has 0 aliphatic carbocycles. The maximum Gasteiger partial charge on any atom is 0.416 e. The summed E-state index contributed by atoms with van der Waals surface area (Å²) in [5.74, 6) is 0.493. The molecule has 10 heteroatoms. The number of carbonyl (C=O) groups excluding carboxylic acids is 1. The van der Waals surface area contributed by atoms with Gasteiger partial charge in [-0.25, -0.2) is 9.97 Å². The molecule has 1 aromatic carbocycles. The number of fused-ring (bicyclic) bond motifs is 1. The first-order valence-corrected chi connectivity index (χ1v) is 9.01. The molecule has 3 aromatic rings. The van der Waals surface area contributed by atoms with Crippen LogP contribution in [0.3, 0.4) is 0 Å². The van der Waals surface area contributed by atoms with E-state index in [-0.39, 0.29) is 16.4 Å². The lowest BCUT2D eigenvalue weighted by Crippen LogP contribution is -2.49. The highest BCUT2D eigenvalue weighted by Gasteiger charge is 2.31. The van der Waals surface area contributed by atoms with Crippen LogP contribution in [0.1, 0.15) is 15.4 Å². The van der Waals surface area contributed by atoms with Gasteiger partial charge in [0.1, 0.15) is 5.82 Å². The Morgan fingerprint density at radius 1 is 1.11 bits per heavy atom. The van der Waals surface area contributed by atoms with E-state index in [2.05, 4.69) is 15.0 Å². The van der Waals surface area contributed by atoms with Gasteiger partial charge in [-0.05, 0) is 18.2 Å². The zero-order chi connectivity index (χ0) is 19.0. The topological polar surface area (TPSA) is 62.2 Å². The molecule has 2 aromatic heterocycles. The Bertz CT molecular complexity index is 968. The standard InChI is InChI=1S/C17H14F3N5OS/c18-17(19,20)11-1-2-13-12(9-11)23-15(27-13)16(26)25-7-5-24(6-8-25)14-10-21-3-4-22-14/h1-4,9-10H,5-8H2. The fraction of sp³-hybridized carbons (Fsp3) is 0.294. The van der Waals surface area contributed by atoms with Crippen LogP contribution in [-0.4, -0.2) is 51.9 Å². The number of halogens is 3. The largest absolute Gasteiger partial charge is 0.416 e. The number of piperazine rings is 1. The molecule has 6 nitrogen and oxygen atoms in total. The van der Waals surface area contributed by atoms with Crippen molar-refractivity contribution < 1.29 is 18.0 Å². The molecular formula is C17H14F3N5OS. The Morgan fingerprint density at radius 2 is 1.89 bits per heavy atom. The van der Waals surface area contributed by atoms with Gasteiger partial charge in [0.15, 0.2) is 5.01 Å². The van der Waals surface area contributed by atoms with Gasteiger partial charge < -0.3 is 9.80 Å². The zero-order valence-corrected chi connectivity index (χ0v) is 14.8. The van der Waals surface area contributed by atoms with E-state index in [4.69, 9.17) is 0 Å². The average Bonchev–Trinajstić information content (AvgIpc) is 3.11. The van der Waals surface area contributed by atoms with Crippen LogP contribution in [0.15, 0.2) is 36.8 Å². The number of hydrogen-bond acceptors (Lipinski definition) is 6. The Balaban J connectivity index is 1.48. The number of rotatable bonds is 2. The summed E-state index contributed by atoms with van der Waals surface area (Å²) >= 11 is 1.11. The minimum atomic E-state index is -4.43. The van der Waals surface area contributed by atoms with Gasteiger partial charge in [0.05, 0.1) is 22.0 Å². The van der Waals surface area contributed by atoms with Crippen LogP contribution in [0.4, 0.5) is 19.0 Å². The summed E-state index contributed by atoms with van der Waals surface area (Å²) in [4.78, 5) is 28.8. The molecule has 4 rings (SSSR count). The normalized spacial score (nSPS) is 15.4. The van der Waals surface area contributed by atoms with Gasteiger partial charge in [-0.2, -0.15) is 13.2 Å². The van der Waals surface area contributed by atoms with Crippen molar-refractivity contribution >= 4 is 33.3 Å². The average molecular weight is 393 g/mol. The van der Waals surface area contributed by atoms with E-state index in [1.54, 1.807) is 23.5 Å². The molecule has 1 amide bonds. The van der Waals surface area contributed by atoms with E-state index in [1.165, 1.54) is 6.07 Å². The van der Waals surface area contributed by atoms with Crippen LogP contribution in [0.2, 0.25) is 0 Å². The predicted octanol–water partition coefficient (Wildman–Crippen LogP) is 3.07. The molecule has 0 atom stereocenters. The van der Waals surface area contributed by atoms with Crippen molar-refractivity contribution in [3.05, 3.63) is 47.4 Å². The van der Waals surface area contributed by atoms with Crippen molar-refractivity contribution in [2.24, 2.45) is 0 Å². The summed E-state index contributed by atoms with van der Waals surface area (Å²) in [5, 5.41) is 0.206. The second-order valence-corrected chi connectivity index (χ2v) is 7.07. The van der Waals surface area contributed by atoms with E-state index >= 15 is 0 Å². The highest BCUT2D eigenvalue weighted by Crippen LogP contribution is 2.33. The summed E-state index contributed by atoms with van der Waals surface area (Å²) in [5.41, 5.74) is -0.576. The Kier molecular flexibility index (Phi) is 4.42. The molecule has 1 fully saturated rings. The third kappa shape index (κ3) is 3.57. The molecule has 0 saturated carbocycles. The highest BCUT2D eigenvalue weighted by molar-refractivity contribution is 7.20. The minimum Gasteiger partial charge on any atom is -0.352 e. The molecule has 0 unspecified atom stereocenters. The SMILES string of the molecule is O=C(c1nc2cc(C(F)(F)F)ccc2s1)N1CCN(c2cnccn2)CC1. The zero-order valence-electron chi connectivity index (χ0n) is 14.0. The molecule has 0 radical (unpaired) electrons. The van der Waals surface area contributed by atoms with Crippen molar-refractivity contribution in [3.63, 3.8) is 0 Å². The fourth-order valence-corrected chi connectivity index (χ4v) is 3.84. The third-order valence-corrected chi connectivity index (χ3v) is 5.36. The lowest BCUT2D eigenvalue weighted by Gasteiger charge is -2.34. The molecule has 1 aliphatic heterocycles. The number of benzene rings is 1. The number of hydrogen-bond donors (Lipinski definition) is 0. The lowest BCUT2D eigenvalue weighted by atomic mass is 10.2. The predicted molar refractivity (Wildman–Crippen MR) is 94.8 cm³/mol. The first kappa shape index (κ1) is 17.7. The molecule has 0 spiro atoms.